The molecule has 5 nitrogen and oxygen atoms in total. The van der Waals surface area contributed by atoms with Crippen LogP contribution in [-0.4, -0.2) is 28.7 Å². The average molecular weight is 414 g/mol. The van der Waals surface area contributed by atoms with Gasteiger partial charge < -0.3 is 10.1 Å². The number of thioether (sulfide) groups is 1. The van der Waals surface area contributed by atoms with Crippen LogP contribution in [0.1, 0.15) is 12.2 Å². The highest BCUT2D eigenvalue weighted by Gasteiger charge is 2.10. The molecule has 0 aliphatic rings. The van der Waals surface area contributed by atoms with Crippen molar-refractivity contribution in [1.29, 1.82) is 0 Å². The fourth-order valence-corrected chi connectivity index (χ4v) is 3.67. The quantitative estimate of drug-likeness (QED) is 0.424. The molecule has 1 heterocycles. The largest absolute Gasteiger partial charge is 0.495 e. The van der Waals surface area contributed by atoms with Crippen molar-refractivity contribution < 1.29 is 9.53 Å². The van der Waals surface area contributed by atoms with E-state index >= 15 is 0 Å². The minimum atomic E-state index is -0.109. The molecule has 3 aromatic rings. The van der Waals surface area contributed by atoms with Gasteiger partial charge in [-0.05, 0) is 31.2 Å². The number of aromatic nitrogens is 2. The van der Waals surface area contributed by atoms with Gasteiger partial charge in [0.2, 0.25) is 5.91 Å². The van der Waals surface area contributed by atoms with Crippen LogP contribution in [0, 0.1) is 6.92 Å². The molecule has 0 unspecified atom stereocenters. The summed E-state index contributed by atoms with van der Waals surface area (Å²) in [5.41, 5.74) is 2.48. The summed E-state index contributed by atoms with van der Waals surface area (Å²) in [6.45, 7) is 1.87. The Morgan fingerprint density at radius 3 is 2.68 bits per heavy atom. The number of ether oxygens (including phenoxy) is 1. The first-order chi connectivity index (χ1) is 13.5. The van der Waals surface area contributed by atoms with Crippen LogP contribution in [0.15, 0.2) is 59.6 Å². The Hall–Kier alpha value is -2.57. The number of nitrogens with one attached hydrogen (secondary N) is 1. The lowest BCUT2D eigenvalue weighted by atomic mass is 10.1. The molecule has 1 amide bonds. The number of rotatable bonds is 7. The van der Waals surface area contributed by atoms with Crippen LogP contribution >= 0.6 is 23.4 Å². The lowest BCUT2D eigenvalue weighted by Crippen LogP contribution is -2.13. The molecule has 0 fully saturated rings. The van der Waals surface area contributed by atoms with Crippen molar-refractivity contribution in [2.24, 2.45) is 0 Å². The van der Waals surface area contributed by atoms with E-state index < -0.39 is 0 Å². The third kappa shape index (κ3) is 5.47. The minimum Gasteiger partial charge on any atom is -0.495 e. The second kappa shape index (κ2) is 9.57. The molecule has 2 aromatic carbocycles. The van der Waals surface area contributed by atoms with Crippen LogP contribution in [0.5, 0.6) is 5.75 Å². The summed E-state index contributed by atoms with van der Waals surface area (Å²) in [5, 5.41) is 4.23. The Morgan fingerprint density at radius 1 is 1.14 bits per heavy atom. The Labute approximate surface area is 173 Å². The molecule has 0 radical (unpaired) electrons. The second-order valence-corrected chi connectivity index (χ2v) is 7.55. The maximum absolute atomic E-state index is 12.3. The molecule has 1 N–H and O–H groups in total. The van der Waals surface area contributed by atoms with Crippen molar-refractivity contribution in [3.8, 4) is 17.0 Å². The Bertz CT molecular complexity index is 967. The molecule has 0 aliphatic heterocycles. The van der Waals surface area contributed by atoms with Gasteiger partial charge in [-0.3, -0.25) is 4.79 Å². The molecule has 0 saturated carbocycles. The van der Waals surface area contributed by atoms with Gasteiger partial charge in [0.05, 0.1) is 18.5 Å². The molecule has 3 rings (SSSR count). The fraction of sp³-hybridized carbons (Fsp3) is 0.190. The number of methoxy groups -OCH3 is 1. The van der Waals surface area contributed by atoms with Crippen molar-refractivity contribution in [3.63, 3.8) is 0 Å². The number of anilines is 1. The highest BCUT2D eigenvalue weighted by molar-refractivity contribution is 7.99. The molecular formula is C21H20ClN3O2S. The van der Waals surface area contributed by atoms with E-state index in [0.717, 1.165) is 16.3 Å². The van der Waals surface area contributed by atoms with Gasteiger partial charge in [-0.2, -0.15) is 0 Å². The Morgan fingerprint density at radius 2 is 1.93 bits per heavy atom. The summed E-state index contributed by atoms with van der Waals surface area (Å²) in [4.78, 5) is 21.2. The number of carbonyl (C=O) groups is 1. The van der Waals surface area contributed by atoms with Crippen molar-refractivity contribution in [2.75, 3.05) is 18.2 Å². The van der Waals surface area contributed by atoms with Gasteiger partial charge in [0.1, 0.15) is 16.6 Å². The van der Waals surface area contributed by atoms with E-state index in [2.05, 4.69) is 15.3 Å². The number of amides is 1. The predicted octanol–water partition coefficient (Wildman–Crippen LogP) is 5.23. The Balaban J connectivity index is 1.60. The van der Waals surface area contributed by atoms with Gasteiger partial charge in [-0.15, -0.1) is 11.8 Å². The van der Waals surface area contributed by atoms with E-state index in [1.807, 2.05) is 43.3 Å². The van der Waals surface area contributed by atoms with Gasteiger partial charge in [-0.1, -0.05) is 41.9 Å². The van der Waals surface area contributed by atoms with E-state index in [9.17, 15) is 4.79 Å². The molecule has 0 spiro atoms. The third-order valence-corrected chi connectivity index (χ3v) is 5.05. The molecule has 0 atom stereocenters. The number of halogens is 1. The fourth-order valence-electron chi connectivity index (χ4n) is 2.61. The predicted molar refractivity (Wildman–Crippen MR) is 114 cm³/mol. The lowest BCUT2D eigenvalue weighted by Gasteiger charge is -2.10. The zero-order valence-corrected chi connectivity index (χ0v) is 17.2. The normalized spacial score (nSPS) is 10.5. The molecule has 7 heteroatoms. The van der Waals surface area contributed by atoms with Crippen molar-refractivity contribution in [1.82, 2.24) is 9.97 Å². The van der Waals surface area contributed by atoms with Gasteiger partial charge in [0, 0.05) is 22.8 Å². The van der Waals surface area contributed by atoms with E-state index in [0.29, 0.717) is 34.5 Å². The number of aryl methyl sites for hydroxylation is 1. The third-order valence-electron chi connectivity index (χ3n) is 3.90. The van der Waals surface area contributed by atoms with Gasteiger partial charge in [0.25, 0.3) is 0 Å². The number of hydrogen-bond acceptors (Lipinski definition) is 5. The average Bonchev–Trinajstić information content (AvgIpc) is 2.68. The highest BCUT2D eigenvalue weighted by Crippen LogP contribution is 2.28. The van der Waals surface area contributed by atoms with Crippen LogP contribution in [0.25, 0.3) is 11.3 Å². The van der Waals surface area contributed by atoms with Gasteiger partial charge >= 0.3 is 0 Å². The summed E-state index contributed by atoms with van der Waals surface area (Å²) in [6, 6.07) is 17.0. The molecule has 144 valence electrons. The minimum absolute atomic E-state index is 0.109. The summed E-state index contributed by atoms with van der Waals surface area (Å²) >= 11 is 7.52. The second-order valence-electron chi connectivity index (χ2n) is 6.00. The number of benzene rings is 2. The maximum Gasteiger partial charge on any atom is 0.225 e. The summed E-state index contributed by atoms with van der Waals surface area (Å²) in [7, 11) is 1.55. The zero-order valence-electron chi connectivity index (χ0n) is 15.6. The van der Waals surface area contributed by atoms with E-state index in [1.165, 1.54) is 11.8 Å². The number of hydrogen-bond donors (Lipinski definition) is 1. The highest BCUT2D eigenvalue weighted by atomic mass is 35.5. The molecular weight excluding hydrogens is 394 g/mol. The van der Waals surface area contributed by atoms with Crippen molar-refractivity contribution in [2.45, 2.75) is 18.4 Å². The first-order valence-corrected chi connectivity index (χ1v) is 10.1. The smallest absolute Gasteiger partial charge is 0.225 e. The van der Waals surface area contributed by atoms with Crippen molar-refractivity contribution >= 4 is 35.0 Å². The number of carbonyl (C=O) groups excluding carboxylic acids is 1. The molecule has 0 saturated heterocycles. The van der Waals surface area contributed by atoms with Gasteiger partial charge in [-0.25, -0.2) is 9.97 Å². The first-order valence-electron chi connectivity index (χ1n) is 8.72. The van der Waals surface area contributed by atoms with Crippen LogP contribution in [-0.2, 0) is 4.79 Å². The van der Waals surface area contributed by atoms with Gasteiger partial charge in [0.15, 0.2) is 0 Å². The van der Waals surface area contributed by atoms with E-state index in [4.69, 9.17) is 16.3 Å². The lowest BCUT2D eigenvalue weighted by molar-refractivity contribution is -0.115. The zero-order chi connectivity index (χ0) is 19.9. The Kier molecular flexibility index (Phi) is 6.90. The molecule has 0 aliphatic carbocycles. The topological polar surface area (TPSA) is 64.1 Å². The summed E-state index contributed by atoms with van der Waals surface area (Å²) in [5.74, 6) is 1.77. The van der Waals surface area contributed by atoms with Crippen LogP contribution in [0.2, 0.25) is 5.02 Å². The maximum atomic E-state index is 12.3. The summed E-state index contributed by atoms with van der Waals surface area (Å²) < 4.78 is 5.25. The van der Waals surface area contributed by atoms with Crippen LogP contribution in [0.4, 0.5) is 5.69 Å². The van der Waals surface area contributed by atoms with E-state index in [-0.39, 0.29) is 5.91 Å². The van der Waals surface area contributed by atoms with Crippen LogP contribution < -0.4 is 10.1 Å². The van der Waals surface area contributed by atoms with E-state index in [1.54, 1.807) is 25.3 Å². The first kappa shape index (κ1) is 20.2. The monoisotopic (exact) mass is 413 g/mol. The SMILES string of the molecule is COc1ccc(Cl)cc1NC(=O)CCSc1cc(-c2ccccc2)nc(C)n1. The molecule has 0 bridgehead atoms. The molecule has 28 heavy (non-hydrogen) atoms. The standard InChI is InChI=1S/C21H20ClN3O2S/c1-14-23-17(15-6-4-3-5-7-15)13-21(24-14)28-11-10-20(26)25-18-12-16(22)8-9-19(18)27-2/h3-9,12-13H,10-11H2,1-2H3,(H,25,26). The number of nitrogens with zero attached hydrogens (tertiary/aromatic N) is 2. The molecule has 1 aromatic heterocycles. The van der Waals surface area contributed by atoms with Crippen molar-refractivity contribution in [3.05, 3.63) is 65.4 Å². The van der Waals surface area contributed by atoms with Crippen LogP contribution in [0.3, 0.4) is 0 Å². The summed E-state index contributed by atoms with van der Waals surface area (Å²) in [6.07, 6.45) is 0.337.